The first-order chi connectivity index (χ1) is 15.9. The van der Waals surface area contributed by atoms with E-state index in [1.54, 1.807) is 0 Å². The molecule has 0 aliphatic rings. The van der Waals surface area contributed by atoms with E-state index in [4.69, 9.17) is 4.42 Å². The van der Waals surface area contributed by atoms with Crippen molar-refractivity contribution in [1.29, 1.82) is 0 Å². The van der Waals surface area contributed by atoms with Gasteiger partial charge in [-0.2, -0.15) is 0 Å². The van der Waals surface area contributed by atoms with E-state index in [0.717, 1.165) is 27.1 Å². The highest BCUT2D eigenvalue weighted by Crippen LogP contribution is 2.43. The number of rotatable bonds is 6. The zero-order valence-electron chi connectivity index (χ0n) is 19.3. The Hall–Kier alpha value is -3.24. The van der Waals surface area contributed by atoms with E-state index < -0.39 is 5.63 Å². The highest BCUT2D eigenvalue weighted by Gasteiger charge is 2.21. The van der Waals surface area contributed by atoms with E-state index in [1.807, 2.05) is 54.6 Å². The fourth-order valence-electron chi connectivity index (χ4n) is 3.89. The van der Waals surface area contributed by atoms with Gasteiger partial charge in [0.1, 0.15) is 16.9 Å². The molecule has 0 saturated carbocycles. The van der Waals surface area contributed by atoms with Crippen LogP contribution < -0.4 is 5.63 Å². The second kappa shape index (κ2) is 9.72. The molecule has 168 valence electrons. The number of hydrogen-bond acceptors (Lipinski definition) is 4. The summed E-state index contributed by atoms with van der Waals surface area (Å²) in [6.45, 7) is 8.55. The molecule has 4 aromatic rings. The van der Waals surface area contributed by atoms with Crippen LogP contribution in [0.4, 0.5) is 0 Å². The monoisotopic (exact) mass is 456 g/mol. The molecule has 0 aliphatic carbocycles. The SMILES string of the molecule is CC(C)c1ccc(C(C)C)c(Sc2c(O)c(-c3ccccc3-c3ccccc3)coc2=O)c1. The van der Waals surface area contributed by atoms with Gasteiger partial charge >= 0.3 is 5.63 Å². The molecule has 3 nitrogen and oxygen atoms in total. The summed E-state index contributed by atoms with van der Waals surface area (Å²) < 4.78 is 5.43. The summed E-state index contributed by atoms with van der Waals surface area (Å²) >= 11 is 1.28. The number of aromatic hydroxyl groups is 1. The Morgan fingerprint density at radius 1 is 0.788 bits per heavy atom. The van der Waals surface area contributed by atoms with Gasteiger partial charge in [0.25, 0.3) is 0 Å². The van der Waals surface area contributed by atoms with Crippen molar-refractivity contribution < 1.29 is 9.52 Å². The lowest BCUT2D eigenvalue weighted by Gasteiger charge is -2.17. The maximum absolute atomic E-state index is 12.7. The first-order valence-corrected chi connectivity index (χ1v) is 12.0. The maximum Gasteiger partial charge on any atom is 0.353 e. The summed E-state index contributed by atoms with van der Waals surface area (Å²) in [5.41, 5.74) is 5.09. The van der Waals surface area contributed by atoms with Gasteiger partial charge in [0, 0.05) is 4.90 Å². The molecule has 3 aromatic carbocycles. The normalized spacial score (nSPS) is 11.3. The summed E-state index contributed by atoms with van der Waals surface area (Å²) in [5.74, 6) is 0.592. The van der Waals surface area contributed by atoms with E-state index in [1.165, 1.54) is 23.6 Å². The minimum atomic E-state index is -0.539. The van der Waals surface area contributed by atoms with E-state index in [0.29, 0.717) is 11.5 Å². The van der Waals surface area contributed by atoms with Crippen molar-refractivity contribution in [3.63, 3.8) is 0 Å². The average Bonchev–Trinajstić information content (AvgIpc) is 2.82. The second-order valence-electron chi connectivity index (χ2n) is 8.73. The molecular formula is C29H28O3S. The van der Waals surface area contributed by atoms with Crippen LogP contribution in [-0.4, -0.2) is 5.11 Å². The van der Waals surface area contributed by atoms with Gasteiger partial charge in [0.05, 0.1) is 5.56 Å². The molecule has 4 heteroatoms. The Kier molecular flexibility index (Phi) is 6.75. The van der Waals surface area contributed by atoms with Crippen molar-refractivity contribution in [2.75, 3.05) is 0 Å². The molecule has 4 rings (SSSR count). The first-order valence-electron chi connectivity index (χ1n) is 11.2. The maximum atomic E-state index is 12.7. The third-order valence-electron chi connectivity index (χ3n) is 5.78. The summed E-state index contributed by atoms with van der Waals surface area (Å²) in [7, 11) is 0. The molecule has 33 heavy (non-hydrogen) atoms. The molecule has 0 spiro atoms. The van der Waals surface area contributed by atoms with Gasteiger partial charge in [-0.15, -0.1) is 0 Å². The zero-order valence-corrected chi connectivity index (χ0v) is 20.1. The van der Waals surface area contributed by atoms with Crippen molar-refractivity contribution in [2.45, 2.75) is 49.3 Å². The van der Waals surface area contributed by atoms with Crippen molar-refractivity contribution in [2.24, 2.45) is 0 Å². The van der Waals surface area contributed by atoms with Gasteiger partial charge in [-0.05, 0) is 45.7 Å². The van der Waals surface area contributed by atoms with Crippen LogP contribution in [0, 0.1) is 0 Å². The largest absolute Gasteiger partial charge is 0.506 e. The first kappa shape index (κ1) is 22.9. The molecule has 0 amide bonds. The van der Waals surface area contributed by atoms with Crippen molar-refractivity contribution in [1.82, 2.24) is 0 Å². The van der Waals surface area contributed by atoms with E-state index >= 15 is 0 Å². The van der Waals surface area contributed by atoms with E-state index in [2.05, 4.69) is 45.9 Å². The molecule has 0 atom stereocenters. The van der Waals surface area contributed by atoms with Gasteiger partial charge in [0.15, 0.2) is 0 Å². The van der Waals surface area contributed by atoms with Crippen molar-refractivity contribution in [3.8, 4) is 28.0 Å². The standard InChI is InChI=1S/C29H28O3S/c1-18(2)21-14-15-22(19(3)4)26(16-21)33-28-27(30)25(17-32-29(28)31)24-13-9-8-12-23(24)20-10-6-5-7-11-20/h5-19,30H,1-4H3. The van der Waals surface area contributed by atoms with E-state index in [-0.39, 0.29) is 16.6 Å². The Morgan fingerprint density at radius 3 is 2.12 bits per heavy atom. The molecule has 0 fully saturated rings. The summed E-state index contributed by atoms with van der Waals surface area (Å²) in [6, 6.07) is 24.2. The smallest absolute Gasteiger partial charge is 0.353 e. The summed E-state index contributed by atoms with van der Waals surface area (Å²) in [6.07, 6.45) is 1.36. The van der Waals surface area contributed by atoms with Crippen LogP contribution in [0.15, 0.2) is 98.1 Å². The molecule has 0 bridgehead atoms. The predicted molar refractivity (Wildman–Crippen MR) is 136 cm³/mol. The fourth-order valence-corrected chi connectivity index (χ4v) is 5.07. The summed E-state index contributed by atoms with van der Waals surface area (Å²) in [5, 5.41) is 11.3. The highest BCUT2D eigenvalue weighted by atomic mass is 32.2. The van der Waals surface area contributed by atoms with Crippen molar-refractivity contribution in [3.05, 3.63) is 101 Å². The molecule has 0 unspecified atom stereocenters. The van der Waals surface area contributed by atoms with Gasteiger partial charge in [-0.3, -0.25) is 0 Å². The van der Waals surface area contributed by atoms with Gasteiger partial charge in [0.2, 0.25) is 0 Å². The third kappa shape index (κ3) is 4.76. The molecule has 1 aromatic heterocycles. The predicted octanol–water partition coefficient (Wildman–Crippen LogP) is 8.08. The zero-order chi connectivity index (χ0) is 23.5. The number of hydrogen-bond donors (Lipinski definition) is 1. The molecule has 0 saturated heterocycles. The minimum absolute atomic E-state index is 0.0516. The van der Waals surface area contributed by atoms with Crippen molar-refractivity contribution >= 4 is 11.8 Å². The third-order valence-corrected chi connectivity index (χ3v) is 6.92. The molecular weight excluding hydrogens is 428 g/mol. The van der Waals surface area contributed by atoms with E-state index in [9.17, 15) is 9.90 Å². The van der Waals surface area contributed by atoms with Crippen LogP contribution in [-0.2, 0) is 0 Å². The van der Waals surface area contributed by atoms with Gasteiger partial charge in [-0.1, -0.05) is 106 Å². The van der Waals surface area contributed by atoms with Crippen LogP contribution in [0.25, 0.3) is 22.3 Å². The lowest BCUT2D eigenvalue weighted by Crippen LogP contribution is -2.04. The number of benzene rings is 3. The quantitative estimate of drug-likeness (QED) is 0.319. The molecule has 0 radical (unpaired) electrons. The van der Waals surface area contributed by atoms with Crippen LogP contribution in [0.1, 0.15) is 50.7 Å². The van der Waals surface area contributed by atoms with Gasteiger partial charge in [-0.25, -0.2) is 4.79 Å². The Morgan fingerprint density at radius 2 is 1.45 bits per heavy atom. The fraction of sp³-hybridized carbons (Fsp3) is 0.207. The molecule has 1 N–H and O–H groups in total. The Bertz CT molecular complexity index is 1320. The highest BCUT2D eigenvalue weighted by molar-refractivity contribution is 7.99. The van der Waals surface area contributed by atoms with Gasteiger partial charge < -0.3 is 9.52 Å². The lowest BCUT2D eigenvalue weighted by atomic mass is 9.95. The van der Waals surface area contributed by atoms with Crippen LogP contribution in [0.5, 0.6) is 5.75 Å². The average molecular weight is 457 g/mol. The molecule has 0 aliphatic heterocycles. The lowest BCUT2D eigenvalue weighted by molar-refractivity contribution is 0.428. The van der Waals surface area contributed by atoms with Crippen LogP contribution in [0.2, 0.25) is 0 Å². The Labute approximate surface area is 199 Å². The molecule has 1 heterocycles. The van der Waals surface area contributed by atoms with Crippen LogP contribution >= 0.6 is 11.8 Å². The minimum Gasteiger partial charge on any atom is -0.506 e. The summed E-state index contributed by atoms with van der Waals surface area (Å²) in [4.78, 5) is 13.9. The Balaban J connectivity index is 1.85. The van der Waals surface area contributed by atoms with Crippen LogP contribution in [0.3, 0.4) is 0 Å². The topological polar surface area (TPSA) is 50.4 Å². The second-order valence-corrected chi connectivity index (χ2v) is 9.79.